The standard InChI is InChI=1S/C14H13FN2O4/c1-7-12(14(19)20)10(6-16-7)17-13(18)8-3-4-11(21-2)9(15)5-8/h3-6,16H,1-2H3,(H,17,18)(H,19,20). The van der Waals surface area contributed by atoms with Gasteiger partial charge in [-0.2, -0.15) is 0 Å². The molecule has 21 heavy (non-hydrogen) atoms. The Morgan fingerprint density at radius 2 is 2.10 bits per heavy atom. The number of aromatic amines is 1. The van der Waals surface area contributed by atoms with Crippen LogP contribution in [0.4, 0.5) is 10.1 Å². The number of aromatic nitrogens is 1. The normalized spacial score (nSPS) is 10.2. The monoisotopic (exact) mass is 292 g/mol. The van der Waals surface area contributed by atoms with Crippen molar-refractivity contribution in [3.8, 4) is 5.75 Å². The first kappa shape index (κ1) is 14.6. The molecule has 3 N–H and O–H groups in total. The molecule has 1 aromatic carbocycles. The Kier molecular flexibility index (Phi) is 3.93. The van der Waals surface area contributed by atoms with Crippen LogP contribution in [0.25, 0.3) is 0 Å². The van der Waals surface area contributed by atoms with Crippen molar-refractivity contribution in [1.29, 1.82) is 0 Å². The van der Waals surface area contributed by atoms with Crippen LogP contribution in [0.15, 0.2) is 24.4 Å². The van der Waals surface area contributed by atoms with Crippen molar-refractivity contribution < 1.29 is 23.8 Å². The summed E-state index contributed by atoms with van der Waals surface area (Å²) in [7, 11) is 1.32. The van der Waals surface area contributed by atoms with Gasteiger partial charge < -0.3 is 20.1 Å². The minimum Gasteiger partial charge on any atom is -0.494 e. The van der Waals surface area contributed by atoms with Gasteiger partial charge in [0.15, 0.2) is 11.6 Å². The van der Waals surface area contributed by atoms with Gasteiger partial charge in [0.2, 0.25) is 0 Å². The molecule has 1 heterocycles. The lowest BCUT2D eigenvalue weighted by atomic mass is 10.1. The van der Waals surface area contributed by atoms with E-state index in [-0.39, 0.29) is 22.6 Å². The van der Waals surface area contributed by atoms with E-state index in [4.69, 9.17) is 9.84 Å². The van der Waals surface area contributed by atoms with Crippen LogP contribution in [-0.4, -0.2) is 29.1 Å². The maximum absolute atomic E-state index is 13.6. The van der Waals surface area contributed by atoms with E-state index in [1.807, 2.05) is 0 Å². The molecular weight excluding hydrogens is 279 g/mol. The highest BCUT2D eigenvalue weighted by molar-refractivity contribution is 6.08. The number of anilines is 1. The summed E-state index contributed by atoms with van der Waals surface area (Å²) >= 11 is 0. The largest absolute Gasteiger partial charge is 0.494 e. The van der Waals surface area contributed by atoms with Gasteiger partial charge in [0.1, 0.15) is 5.56 Å². The molecule has 0 aliphatic heterocycles. The van der Waals surface area contributed by atoms with Crippen molar-refractivity contribution in [3.63, 3.8) is 0 Å². The fraction of sp³-hybridized carbons (Fsp3) is 0.143. The fourth-order valence-corrected chi connectivity index (χ4v) is 1.90. The summed E-state index contributed by atoms with van der Waals surface area (Å²) in [5.41, 5.74) is 0.570. The number of ether oxygens (including phenoxy) is 1. The van der Waals surface area contributed by atoms with E-state index in [1.54, 1.807) is 6.92 Å². The average molecular weight is 292 g/mol. The number of hydrogen-bond acceptors (Lipinski definition) is 3. The van der Waals surface area contributed by atoms with Gasteiger partial charge in [0.25, 0.3) is 5.91 Å². The maximum atomic E-state index is 13.6. The van der Waals surface area contributed by atoms with E-state index >= 15 is 0 Å². The van der Waals surface area contributed by atoms with Gasteiger partial charge in [0, 0.05) is 17.5 Å². The number of halogens is 1. The molecule has 0 atom stereocenters. The molecule has 1 aromatic heterocycles. The Balaban J connectivity index is 2.26. The molecular formula is C14H13FN2O4. The van der Waals surface area contributed by atoms with Crippen molar-refractivity contribution >= 4 is 17.6 Å². The van der Waals surface area contributed by atoms with E-state index in [9.17, 15) is 14.0 Å². The van der Waals surface area contributed by atoms with E-state index in [0.29, 0.717) is 5.69 Å². The third kappa shape index (κ3) is 2.86. The van der Waals surface area contributed by atoms with Gasteiger partial charge in [-0.1, -0.05) is 0 Å². The molecule has 1 amide bonds. The fourth-order valence-electron chi connectivity index (χ4n) is 1.90. The number of rotatable bonds is 4. The van der Waals surface area contributed by atoms with Crippen molar-refractivity contribution in [3.05, 3.63) is 47.0 Å². The minimum absolute atomic E-state index is 0.0234. The smallest absolute Gasteiger partial charge is 0.339 e. The van der Waals surface area contributed by atoms with Gasteiger partial charge in [-0.15, -0.1) is 0 Å². The zero-order valence-electron chi connectivity index (χ0n) is 11.4. The van der Waals surface area contributed by atoms with E-state index in [1.165, 1.54) is 25.4 Å². The zero-order chi connectivity index (χ0) is 15.6. The molecule has 0 spiro atoms. The summed E-state index contributed by atoms with van der Waals surface area (Å²) in [5, 5.41) is 11.5. The number of aryl methyl sites for hydroxylation is 1. The SMILES string of the molecule is COc1ccc(C(=O)Nc2c[nH]c(C)c2C(=O)O)cc1F. The molecule has 0 saturated heterocycles. The van der Waals surface area contributed by atoms with Crippen LogP contribution in [0.2, 0.25) is 0 Å². The highest BCUT2D eigenvalue weighted by Crippen LogP contribution is 2.22. The Labute approximate surface area is 119 Å². The van der Waals surface area contributed by atoms with Crippen LogP contribution in [0.5, 0.6) is 5.75 Å². The number of H-pyrrole nitrogens is 1. The van der Waals surface area contributed by atoms with E-state index in [0.717, 1.165) is 6.07 Å². The average Bonchev–Trinajstić information content (AvgIpc) is 2.79. The van der Waals surface area contributed by atoms with Crippen molar-refractivity contribution in [2.24, 2.45) is 0 Å². The van der Waals surface area contributed by atoms with Gasteiger partial charge in [-0.05, 0) is 25.1 Å². The van der Waals surface area contributed by atoms with E-state index in [2.05, 4.69) is 10.3 Å². The molecule has 0 aliphatic rings. The maximum Gasteiger partial charge on any atom is 0.339 e. The number of nitrogens with one attached hydrogen (secondary N) is 2. The Bertz CT molecular complexity index is 709. The Morgan fingerprint density at radius 1 is 1.38 bits per heavy atom. The predicted molar refractivity (Wildman–Crippen MR) is 73.4 cm³/mol. The van der Waals surface area contributed by atoms with Gasteiger partial charge in [-0.3, -0.25) is 4.79 Å². The minimum atomic E-state index is -1.16. The van der Waals surface area contributed by atoms with Crippen LogP contribution >= 0.6 is 0 Å². The summed E-state index contributed by atoms with van der Waals surface area (Å²) in [6.07, 6.45) is 1.37. The van der Waals surface area contributed by atoms with Crippen LogP contribution in [-0.2, 0) is 0 Å². The third-order valence-corrected chi connectivity index (χ3v) is 2.95. The number of hydrogen-bond donors (Lipinski definition) is 3. The lowest BCUT2D eigenvalue weighted by Crippen LogP contribution is -2.14. The topological polar surface area (TPSA) is 91.4 Å². The third-order valence-electron chi connectivity index (χ3n) is 2.95. The lowest BCUT2D eigenvalue weighted by molar-refractivity contribution is 0.0697. The number of carboxylic acid groups (broad SMARTS) is 1. The number of amides is 1. The molecule has 7 heteroatoms. The Hall–Kier alpha value is -2.83. The van der Waals surface area contributed by atoms with Crippen LogP contribution < -0.4 is 10.1 Å². The highest BCUT2D eigenvalue weighted by atomic mass is 19.1. The molecule has 6 nitrogen and oxygen atoms in total. The number of benzene rings is 1. The molecule has 0 aliphatic carbocycles. The first-order valence-corrected chi connectivity index (χ1v) is 6.00. The van der Waals surface area contributed by atoms with Crippen molar-refractivity contribution in [2.75, 3.05) is 12.4 Å². The zero-order valence-corrected chi connectivity index (χ0v) is 11.4. The number of methoxy groups -OCH3 is 1. The van der Waals surface area contributed by atoms with Crippen molar-refractivity contribution in [1.82, 2.24) is 4.98 Å². The first-order valence-electron chi connectivity index (χ1n) is 6.00. The summed E-state index contributed by atoms with van der Waals surface area (Å²) < 4.78 is 18.3. The first-order chi connectivity index (χ1) is 9.93. The van der Waals surface area contributed by atoms with E-state index < -0.39 is 17.7 Å². The van der Waals surface area contributed by atoms with Gasteiger partial charge in [0.05, 0.1) is 12.8 Å². The molecule has 0 radical (unpaired) electrons. The summed E-state index contributed by atoms with van der Waals surface area (Å²) in [4.78, 5) is 25.9. The second-order valence-electron chi connectivity index (χ2n) is 4.31. The molecule has 0 bridgehead atoms. The Morgan fingerprint density at radius 3 is 2.67 bits per heavy atom. The number of carbonyl (C=O) groups is 2. The highest BCUT2D eigenvalue weighted by Gasteiger charge is 2.18. The lowest BCUT2D eigenvalue weighted by Gasteiger charge is -2.07. The number of carboxylic acids is 1. The predicted octanol–water partition coefficient (Wildman–Crippen LogP) is 2.42. The molecule has 0 fully saturated rings. The quantitative estimate of drug-likeness (QED) is 0.807. The summed E-state index contributed by atoms with van der Waals surface area (Å²) in [5.74, 6) is -2.42. The summed E-state index contributed by atoms with van der Waals surface area (Å²) in [6.45, 7) is 1.58. The molecule has 110 valence electrons. The summed E-state index contributed by atoms with van der Waals surface area (Å²) in [6, 6.07) is 3.73. The van der Waals surface area contributed by atoms with Gasteiger partial charge >= 0.3 is 5.97 Å². The number of carbonyl (C=O) groups excluding carboxylic acids is 1. The second-order valence-corrected chi connectivity index (χ2v) is 4.31. The molecule has 2 rings (SSSR count). The van der Waals surface area contributed by atoms with Crippen molar-refractivity contribution in [2.45, 2.75) is 6.92 Å². The second kappa shape index (κ2) is 5.66. The van der Waals surface area contributed by atoms with Crippen LogP contribution in [0, 0.1) is 12.7 Å². The molecule has 0 saturated carbocycles. The van der Waals surface area contributed by atoms with Crippen LogP contribution in [0.3, 0.4) is 0 Å². The molecule has 0 unspecified atom stereocenters. The van der Waals surface area contributed by atoms with Crippen LogP contribution in [0.1, 0.15) is 26.4 Å². The van der Waals surface area contributed by atoms with Gasteiger partial charge in [-0.25, -0.2) is 9.18 Å². The number of aromatic carboxylic acids is 1. The molecule has 2 aromatic rings.